The molecule has 41 heavy (non-hydrogen) atoms. The van der Waals surface area contributed by atoms with Crippen LogP contribution in [0.2, 0.25) is 5.02 Å². The number of carbonyl (C=O) groups is 2. The normalized spacial score (nSPS) is 14.7. The molecule has 218 valence electrons. The highest BCUT2D eigenvalue weighted by Crippen LogP contribution is 2.28. The highest BCUT2D eigenvalue weighted by atomic mass is 79.9. The molecule has 3 aromatic rings. The van der Waals surface area contributed by atoms with Crippen LogP contribution in [0.25, 0.3) is 0 Å². The van der Waals surface area contributed by atoms with E-state index in [4.69, 9.17) is 11.6 Å². The summed E-state index contributed by atoms with van der Waals surface area (Å²) in [6, 6.07) is 22.7. The van der Waals surface area contributed by atoms with E-state index in [2.05, 4.69) is 21.2 Å². The van der Waals surface area contributed by atoms with Crippen molar-refractivity contribution < 1.29 is 18.0 Å². The molecule has 1 unspecified atom stereocenters. The van der Waals surface area contributed by atoms with Crippen LogP contribution >= 0.6 is 27.5 Å². The largest absolute Gasteiger partial charge is 0.352 e. The molecule has 1 aliphatic carbocycles. The SMILES string of the molecule is CS(=O)(=O)N(CC(=O)N(Cc1cccc(Cl)c1)C(Cc1ccccc1)C(=O)NC1CCCCC1)c1ccccc1Br. The number of sulfonamides is 1. The minimum absolute atomic E-state index is 0.0467. The molecular weight excluding hydrogens is 626 g/mol. The van der Waals surface area contributed by atoms with Crippen molar-refractivity contribution in [3.8, 4) is 0 Å². The van der Waals surface area contributed by atoms with Gasteiger partial charge in [-0.25, -0.2) is 8.42 Å². The number of benzene rings is 3. The number of nitrogens with zero attached hydrogens (tertiary/aromatic N) is 2. The van der Waals surface area contributed by atoms with E-state index < -0.39 is 28.5 Å². The summed E-state index contributed by atoms with van der Waals surface area (Å²) in [4.78, 5) is 29.6. The molecule has 4 rings (SSSR count). The van der Waals surface area contributed by atoms with Gasteiger partial charge in [0.25, 0.3) is 0 Å². The molecule has 10 heteroatoms. The van der Waals surface area contributed by atoms with Crippen LogP contribution in [0.3, 0.4) is 0 Å². The number of para-hydroxylation sites is 1. The van der Waals surface area contributed by atoms with Crippen molar-refractivity contribution in [2.45, 2.75) is 57.2 Å². The molecule has 0 heterocycles. The van der Waals surface area contributed by atoms with Crippen LogP contribution in [0.5, 0.6) is 0 Å². The van der Waals surface area contributed by atoms with Crippen molar-refractivity contribution in [3.63, 3.8) is 0 Å². The Bertz CT molecular complexity index is 1450. The van der Waals surface area contributed by atoms with Gasteiger partial charge >= 0.3 is 0 Å². The predicted molar refractivity (Wildman–Crippen MR) is 167 cm³/mol. The van der Waals surface area contributed by atoms with Crippen LogP contribution in [-0.2, 0) is 32.6 Å². The minimum Gasteiger partial charge on any atom is -0.352 e. The molecule has 1 N–H and O–H groups in total. The number of amides is 2. The molecule has 7 nitrogen and oxygen atoms in total. The highest BCUT2D eigenvalue weighted by molar-refractivity contribution is 9.10. The van der Waals surface area contributed by atoms with Crippen LogP contribution in [0, 0.1) is 0 Å². The number of hydrogen-bond donors (Lipinski definition) is 1. The maximum Gasteiger partial charge on any atom is 0.244 e. The second kappa shape index (κ2) is 14.3. The molecule has 0 aliphatic heterocycles. The average Bonchev–Trinajstić information content (AvgIpc) is 2.94. The Morgan fingerprint density at radius 1 is 0.951 bits per heavy atom. The molecule has 2 amide bonds. The zero-order chi connectivity index (χ0) is 29.4. The first kappa shape index (κ1) is 31.1. The molecule has 1 fully saturated rings. The molecule has 0 radical (unpaired) electrons. The zero-order valence-corrected chi connectivity index (χ0v) is 26.2. The second-order valence-electron chi connectivity index (χ2n) is 10.4. The first-order valence-electron chi connectivity index (χ1n) is 13.7. The summed E-state index contributed by atoms with van der Waals surface area (Å²) in [5, 5.41) is 3.70. The van der Waals surface area contributed by atoms with Gasteiger partial charge in [0.2, 0.25) is 21.8 Å². The Morgan fingerprint density at radius 3 is 2.27 bits per heavy atom. The topological polar surface area (TPSA) is 86.8 Å². The smallest absolute Gasteiger partial charge is 0.244 e. The summed E-state index contributed by atoms with van der Waals surface area (Å²) < 4.78 is 27.5. The van der Waals surface area contributed by atoms with Gasteiger partial charge in [-0.1, -0.05) is 85.5 Å². The maximum atomic E-state index is 14.2. The van der Waals surface area contributed by atoms with Crippen LogP contribution in [0.15, 0.2) is 83.3 Å². The lowest BCUT2D eigenvalue weighted by atomic mass is 9.94. The van der Waals surface area contributed by atoms with Gasteiger partial charge < -0.3 is 10.2 Å². The average molecular weight is 661 g/mol. The van der Waals surface area contributed by atoms with E-state index in [-0.39, 0.29) is 24.9 Å². The molecular formula is C31H35BrClN3O4S. The summed E-state index contributed by atoms with van der Waals surface area (Å²) in [5.41, 5.74) is 1.98. The van der Waals surface area contributed by atoms with Crippen LogP contribution in [0.4, 0.5) is 5.69 Å². The van der Waals surface area contributed by atoms with Gasteiger partial charge in [-0.2, -0.15) is 0 Å². The fourth-order valence-electron chi connectivity index (χ4n) is 5.18. The highest BCUT2D eigenvalue weighted by Gasteiger charge is 2.34. The third-order valence-electron chi connectivity index (χ3n) is 7.26. The summed E-state index contributed by atoms with van der Waals surface area (Å²) in [6.07, 6.45) is 6.39. The summed E-state index contributed by atoms with van der Waals surface area (Å²) in [7, 11) is -3.84. The first-order chi connectivity index (χ1) is 19.6. The standard InChI is InChI=1S/C31H35BrClN3O4S/c1-41(39,40)36(28-18-9-8-17-27(28)32)22-30(37)35(21-24-13-10-14-25(33)19-24)29(20-23-11-4-2-5-12-23)31(38)34-26-15-6-3-7-16-26/h2,4-5,8-14,17-19,26,29H,3,6-7,15-16,20-22H2,1H3,(H,34,38). The van der Waals surface area contributed by atoms with Crippen molar-refractivity contribution in [2.75, 3.05) is 17.1 Å². The zero-order valence-electron chi connectivity index (χ0n) is 23.0. The summed E-state index contributed by atoms with van der Waals surface area (Å²) in [5.74, 6) is -0.742. The van der Waals surface area contributed by atoms with Crippen molar-refractivity contribution in [1.29, 1.82) is 0 Å². The molecule has 0 saturated heterocycles. The fraction of sp³-hybridized carbons (Fsp3) is 0.355. The van der Waals surface area contributed by atoms with E-state index in [0.29, 0.717) is 15.2 Å². The van der Waals surface area contributed by atoms with Gasteiger partial charge in [0.1, 0.15) is 12.6 Å². The Hall–Kier alpha value is -2.88. The predicted octanol–water partition coefficient (Wildman–Crippen LogP) is 5.96. The van der Waals surface area contributed by atoms with Gasteiger partial charge in [0, 0.05) is 28.5 Å². The lowest BCUT2D eigenvalue weighted by Gasteiger charge is -2.35. The van der Waals surface area contributed by atoms with Crippen molar-refractivity contribution >= 4 is 55.1 Å². The Morgan fingerprint density at radius 2 is 1.61 bits per heavy atom. The van der Waals surface area contributed by atoms with Gasteiger partial charge in [0.05, 0.1) is 11.9 Å². The molecule has 1 aliphatic rings. The lowest BCUT2D eigenvalue weighted by Crippen LogP contribution is -2.55. The Balaban J connectivity index is 1.73. The number of halogens is 2. The Kier molecular flexibility index (Phi) is 10.9. The Labute approximate surface area is 256 Å². The van der Waals surface area contributed by atoms with Crippen LogP contribution in [-0.4, -0.2) is 50.0 Å². The van der Waals surface area contributed by atoms with E-state index in [0.717, 1.165) is 53.8 Å². The first-order valence-corrected chi connectivity index (χ1v) is 16.7. The van der Waals surface area contributed by atoms with Gasteiger partial charge in [0.15, 0.2) is 0 Å². The van der Waals surface area contributed by atoms with E-state index in [1.54, 1.807) is 42.5 Å². The lowest BCUT2D eigenvalue weighted by molar-refractivity contribution is -0.140. The molecule has 3 aromatic carbocycles. The van der Waals surface area contributed by atoms with E-state index >= 15 is 0 Å². The van der Waals surface area contributed by atoms with Crippen LogP contribution < -0.4 is 9.62 Å². The summed E-state index contributed by atoms with van der Waals surface area (Å²) >= 11 is 9.69. The number of rotatable bonds is 11. The van der Waals surface area contributed by atoms with E-state index in [1.165, 1.54) is 4.90 Å². The molecule has 1 saturated carbocycles. The minimum atomic E-state index is -3.84. The summed E-state index contributed by atoms with van der Waals surface area (Å²) in [6.45, 7) is -0.382. The molecule has 0 bridgehead atoms. The number of nitrogens with one attached hydrogen (secondary N) is 1. The molecule has 1 atom stereocenters. The van der Waals surface area contributed by atoms with Crippen LogP contribution in [0.1, 0.15) is 43.2 Å². The van der Waals surface area contributed by atoms with Gasteiger partial charge in [-0.15, -0.1) is 0 Å². The number of anilines is 1. The molecule has 0 spiro atoms. The van der Waals surface area contributed by atoms with Crippen molar-refractivity contribution in [1.82, 2.24) is 10.2 Å². The third kappa shape index (κ3) is 8.80. The molecule has 0 aromatic heterocycles. The number of hydrogen-bond acceptors (Lipinski definition) is 4. The second-order valence-corrected chi connectivity index (χ2v) is 13.6. The van der Waals surface area contributed by atoms with Crippen molar-refractivity contribution in [2.24, 2.45) is 0 Å². The fourth-order valence-corrected chi connectivity index (χ4v) is 6.87. The number of carbonyl (C=O) groups excluding carboxylic acids is 2. The van der Waals surface area contributed by atoms with Gasteiger partial charge in [-0.3, -0.25) is 13.9 Å². The van der Waals surface area contributed by atoms with Crippen molar-refractivity contribution in [3.05, 3.63) is 99.5 Å². The van der Waals surface area contributed by atoms with Gasteiger partial charge in [-0.05, 0) is 64.2 Å². The van der Waals surface area contributed by atoms with E-state index in [1.807, 2.05) is 36.4 Å². The monoisotopic (exact) mass is 659 g/mol. The quantitative estimate of drug-likeness (QED) is 0.275. The third-order valence-corrected chi connectivity index (χ3v) is 9.30. The van der Waals surface area contributed by atoms with E-state index in [9.17, 15) is 18.0 Å². The maximum absolute atomic E-state index is 14.2.